The van der Waals surface area contributed by atoms with E-state index in [1.54, 1.807) is 48.5 Å². The average molecular weight is 326 g/mol. The lowest BCUT2D eigenvalue weighted by molar-refractivity contribution is 0.101. The number of nitrogens with two attached hydrogens (primary N) is 4. The number of rotatable bonds is 4. The second-order valence-corrected chi connectivity index (χ2v) is 5.21. The Bertz CT molecular complexity index is 785. The van der Waals surface area contributed by atoms with Crippen LogP contribution in [-0.4, -0.2) is 11.7 Å². The molecule has 1 heterocycles. The Hall–Kier alpha value is -3.39. The summed E-state index contributed by atoms with van der Waals surface area (Å²) in [6.45, 7) is 0. The zero-order valence-corrected chi connectivity index (χ0v) is 12.8. The van der Waals surface area contributed by atoms with Crippen LogP contribution in [-0.2, 0) is 0 Å². The number of anilines is 2. The van der Waals surface area contributed by atoms with Gasteiger partial charge in [-0.1, -0.05) is 0 Å². The van der Waals surface area contributed by atoms with E-state index in [1.807, 2.05) is 0 Å². The second kappa shape index (κ2) is 6.01. The normalized spacial score (nSPS) is 19.7. The van der Waals surface area contributed by atoms with E-state index in [1.165, 1.54) is 6.20 Å². The van der Waals surface area contributed by atoms with Crippen LogP contribution in [0.15, 0.2) is 65.6 Å². The number of amidine groups is 1. The molecule has 8 heteroatoms. The molecule has 24 heavy (non-hydrogen) atoms. The highest BCUT2D eigenvalue weighted by molar-refractivity contribution is 5.89. The Morgan fingerprint density at radius 1 is 0.833 bits per heavy atom. The van der Waals surface area contributed by atoms with Crippen LogP contribution in [0.3, 0.4) is 0 Å². The minimum Gasteiger partial charge on any atom is -0.448 e. The van der Waals surface area contributed by atoms with Crippen molar-refractivity contribution in [1.29, 1.82) is 0 Å². The fraction of sp³-hybridized carbons (Fsp3) is 0.0625. The molecule has 1 aliphatic heterocycles. The number of nitrogens with zero attached hydrogens (tertiary/aromatic N) is 1. The summed E-state index contributed by atoms with van der Waals surface area (Å²) in [5.41, 5.74) is 24.6. The Morgan fingerprint density at radius 2 is 1.38 bits per heavy atom. The first-order chi connectivity index (χ1) is 11.4. The number of benzene rings is 2. The largest absolute Gasteiger partial charge is 0.448 e. The summed E-state index contributed by atoms with van der Waals surface area (Å²) in [5, 5.41) is 2.88. The van der Waals surface area contributed by atoms with Gasteiger partial charge in [0, 0.05) is 11.4 Å². The topological polar surface area (TPSA) is 147 Å². The van der Waals surface area contributed by atoms with Crippen LogP contribution in [0.1, 0.15) is 0 Å². The van der Waals surface area contributed by atoms with Crippen molar-refractivity contribution in [2.75, 3.05) is 11.5 Å². The van der Waals surface area contributed by atoms with Gasteiger partial charge in [0.15, 0.2) is 5.84 Å². The standard InChI is InChI=1S/C16H18N6O2/c17-10-1-5-12(6-2-10)23-14-9-21-15(19)16(20,22-14)24-13-7-3-11(18)4-8-13/h1-9,22H,17-18,20H2,(H2,19,21). The summed E-state index contributed by atoms with van der Waals surface area (Å²) in [6.07, 6.45) is 1.42. The van der Waals surface area contributed by atoms with E-state index in [0.29, 0.717) is 22.9 Å². The van der Waals surface area contributed by atoms with Crippen molar-refractivity contribution in [3.05, 3.63) is 60.6 Å². The van der Waals surface area contributed by atoms with Gasteiger partial charge in [-0.05, 0) is 48.5 Å². The van der Waals surface area contributed by atoms with Crippen molar-refractivity contribution in [2.45, 2.75) is 5.85 Å². The number of nitrogens with one attached hydrogen (secondary N) is 1. The molecule has 1 aliphatic rings. The van der Waals surface area contributed by atoms with Crippen LogP contribution in [0.2, 0.25) is 0 Å². The minimum atomic E-state index is -1.55. The molecule has 124 valence electrons. The first-order valence-corrected chi connectivity index (χ1v) is 7.13. The summed E-state index contributed by atoms with van der Waals surface area (Å²) in [4.78, 5) is 4.04. The molecule has 2 aromatic rings. The molecule has 0 aliphatic carbocycles. The minimum absolute atomic E-state index is 0.0592. The molecule has 3 rings (SSSR count). The smallest absolute Gasteiger partial charge is 0.298 e. The number of aliphatic imine (C=N–C) groups is 1. The van der Waals surface area contributed by atoms with Crippen molar-refractivity contribution >= 4 is 17.2 Å². The van der Waals surface area contributed by atoms with E-state index in [-0.39, 0.29) is 11.7 Å². The van der Waals surface area contributed by atoms with E-state index < -0.39 is 5.85 Å². The third-order valence-electron chi connectivity index (χ3n) is 3.28. The third-order valence-corrected chi connectivity index (χ3v) is 3.28. The summed E-state index contributed by atoms with van der Waals surface area (Å²) < 4.78 is 11.4. The van der Waals surface area contributed by atoms with Crippen molar-refractivity contribution in [3.63, 3.8) is 0 Å². The molecule has 8 nitrogen and oxygen atoms in total. The van der Waals surface area contributed by atoms with Crippen LogP contribution in [0.25, 0.3) is 0 Å². The van der Waals surface area contributed by atoms with Gasteiger partial charge in [0.05, 0.1) is 6.20 Å². The van der Waals surface area contributed by atoms with Gasteiger partial charge in [0.1, 0.15) is 11.5 Å². The van der Waals surface area contributed by atoms with Crippen LogP contribution in [0.5, 0.6) is 11.5 Å². The van der Waals surface area contributed by atoms with Crippen LogP contribution in [0.4, 0.5) is 11.4 Å². The highest BCUT2D eigenvalue weighted by Crippen LogP contribution is 2.21. The summed E-state index contributed by atoms with van der Waals surface area (Å²) >= 11 is 0. The molecule has 0 saturated carbocycles. The molecule has 0 aromatic heterocycles. The van der Waals surface area contributed by atoms with Gasteiger partial charge in [0.2, 0.25) is 5.88 Å². The van der Waals surface area contributed by atoms with Gasteiger partial charge >= 0.3 is 0 Å². The predicted molar refractivity (Wildman–Crippen MR) is 92.7 cm³/mol. The molecular weight excluding hydrogens is 308 g/mol. The molecule has 2 aromatic carbocycles. The van der Waals surface area contributed by atoms with Crippen LogP contribution >= 0.6 is 0 Å². The van der Waals surface area contributed by atoms with E-state index >= 15 is 0 Å². The molecule has 0 fully saturated rings. The van der Waals surface area contributed by atoms with E-state index in [0.717, 1.165) is 0 Å². The fourth-order valence-electron chi connectivity index (χ4n) is 2.02. The molecule has 9 N–H and O–H groups in total. The molecule has 0 bridgehead atoms. The fourth-order valence-corrected chi connectivity index (χ4v) is 2.02. The molecule has 0 radical (unpaired) electrons. The van der Waals surface area contributed by atoms with Crippen molar-refractivity contribution in [2.24, 2.45) is 16.5 Å². The Kier molecular flexibility index (Phi) is 3.88. The predicted octanol–water partition coefficient (Wildman–Crippen LogP) is 0.681. The summed E-state index contributed by atoms with van der Waals surface area (Å²) in [6, 6.07) is 13.6. The highest BCUT2D eigenvalue weighted by Gasteiger charge is 2.36. The molecule has 0 spiro atoms. The highest BCUT2D eigenvalue weighted by atomic mass is 16.5. The SMILES string of the molecule is NC1=NC=C(Oc2ccc(N)cc2)NC1(N)Oc1ccc(N)cc1. The van der Waals surface area contributed by atoms with Gasteiger partial charge in [-0.25, -0.2) is 4.99 Å². The Labute approximate surface area is 138 Å². The van der Waals surface area contributed by atoms with Gasteiger partial charge < -0.3 is 26.7 Å². The maximum Gasteiger partial charge on any atom is 0.298 e. The quantitative estimate of drug-likeness (QED) is 0.410. The summed E-state index contributed by atoms with van der Waals surface area (Å²) in [7, 11) is 0. The first-order valence-electron chi connectivity index (χ1n) is 7.13. The van der Waals surface area contributed by atoms with Gasteiger partial charge in [0.25, 0.3) is 5.85 Å². The molecule has 0 saturated heterocycles. The number of hydrogen-bond donors (Lipinski definition) is 5. The number of nitrogen functional groups attached to an aromatic ring is 2. The van der Waals surface area contributed by atoms with Gasteiger partial charge in [-0.3, -0.25) is 11.1 Å². The Balaban J connectivity index is 1.75. The average Bonchev–Trinajstić information content (AvgIpc) is 2.55. The van der Waals surface area contributed by atoms with Gasteiger partial charge in [-0.15, -0.1) is 0 Å². The molecular formula is C16H18N6O2. The maximum atomic E-state index is 6.18. The molecule has 1 atom stereocenters. The van der Waals surface area contributed by atoms with E-state index in [9.17, 15) is 0 Å². The first kappa shape index (κ1) is 15.5. The summed E-state index contributed by atoms with van der Waals surface area (Å²) in [5.74, 6) is -0.163. The third kappa shape index (κ3) is 3.33. The number of hydrogen-bond acceptors (Lipinski definition) is 8. The maximum absolute atomic E-state index is 6.18. The molecule has 0 amide bonds. The monoisotopic (exact) mass is 326 g/mol. The Morgan fingerprint density at radius 3 is 1.96 bits per heavy atom. The van der Waals surface area contributed by atoms with Crippen molar-refractivity contribution in [3.8, 4) is 11.5 Å². The lowest BCUT2D eigenvalue weighted by Gasteiger charge is -2.33. The molecule has 1 unspecified atom stereocenters. The van der Waals surface area contributed by atoms with Crippen LogP contribution < -0.4 is 37.7 Å². The lowest BCUT2D eigenvalue weighted by atomic mass is 10.3. The van der Waals surface area contributed by atoms with Crippen LogP contribution in [0, 0.1) is 0 Å². The van der Waals surface area contributed by atoms with Gasteiger partial charge in [-0.2, -0.15) is 0 Å². The number of ether oxygens (including phenoxy) is 2. The zero-order chi connectivity index (χ0) is 17.2. The zero-order valence-electron chi connectivity index (χ0n) is 12.8. The van der Waals surface area contributed by atoms with Crippen molar-refractivity contribution < 1.29 is 9.47 Å². The lowest BCUT2D eigenvalue weighted by Crippen LogP contribution is -2.67. The van der Waals surface area contributed by atoms with Crippen molar-refractivity contribution in [1.82, 2.24) is 5.32 Å². The van der Waals surface area contributed by atoms with E-state index in [4.69, 9.17) is 32.4 Å². The van der Waals surface area contributed by atoms with E-state index in [2.05, 4.69) is 10.3 Å². The second-order valence-electron chi connectivity index (χ2n) is 5.21.